The molecule has 1 aromatic rings. The Hall–Kier alpha value is -0.870. The molecule has 4 atom stereocenters. The van der Waals surface area contributed by atoms with E-state index in [1.54, 1.807) is 0 Å². The summed E-state index contributed by atoms with van der Waals surface area (Å²) in [4.78, 5) is 0. The van der Waals surface area contributed by atoms with Crippen LogP contribution in [0.4, 0.5) is 0 Å². The van der Waals surface area contributed by atoms with E-state index in [2.05, 4.69) is 24.4 Å². The molecule has 0 aliphatic heterocycles. The predicted molar refractivity (Wildman–Crippen MR) is 76.3 cm³/mol. The Kier molecular flexibility index (Phi) is 3.39. The van der Waals surface area contributed by atoms with Crippen LogP contribution in [0.3, 0.4) is 0 Å². The van der Waals surface area contributed by atoms with Gasteiger partial charge in [0, 0.05) is 24.3 Å². The van der Waals surface area contributed by atoms with Crippen molar-refractivity contribution in [1.82, 2.24) is 15.2 Å². The number of nitrogens with one attached hydrogen (secondary N) is 1. The lowest BCUT2D eigenvalue weighted by atomic mass is 9.82. The van der Waals surface area contributed by atoms with Crippen molar-refractivity contribution in [3.05, 3.63) is 17.0 Å². The van der Waals surface area contributed by atoms with Gasteiger partial charge in [0.25, 0.3) is 0 Å². The van der Waals surface area contributed by atoms with E-state index in [0.29, 0.717) is 0 Å². The van der Waals surface area contributed by atoms with Crippen LogP contribution in [-0.4, -0.2) is 9.78 Å². The third-order valence-electron chi connectivity index (χ3n) is 5.54. The van der Waals surface area contributed by atoms with E-state index in [1.807, 2.05) is 11.7 Å². The second-order valence-corrected chi connectivity index (χ2v) is 6.60. The largest absolute Gasteiger partial charge is 0.272 e. The quantitative estimate of drug-likeness (QED) is 0.647. The van der Waals surface area contributed by atoms with Crippen LogP contribution in [0.5, 0.6) is 0 Å². The van der Waals surface area contributed by atoms with Gasteiger partial charge in [0.2, 0.25) is 0 Å². The fourth-order valence-electron chi connectivity index (χ4n) is 4.53. The first-order chi connectivity index (χ1) is 9.10. The van der Waals surface area contributed by atoms with E-state index < -0.39 is 0 Å². The second kappa shape index (κ2) is 4.91. The van der Waals surface area contributed by atoms with Gasteiger partial charge in [0.15, 0.2) is 0 Å². The fraction of sp³-hybridized carbons (Fsp3) is 0.800. The zero-order valence-electron chi connectivity index (χ0n) is 12.3. The Balaban J connectivity index is 1.77. The van der Waals surface area contributed by atoms with Gasteiger partial charge in [-0.3, -0.25) is 16.0 Å². The van der Waals surface area contributed by atoms with Gasteiger partial charge in [-0.1, -0.05) is 6.42 Å². The summed E-state index contributed by atoms with van der Waals surface area (Å²) in [6, 6.07) is 0.262. The highest BCUT2D eigenvalue weighted by atomic mass is 15.3. The standard InChI is InChI=1S/C15H26N4/c1-9-15(10(2)19(3)18-9)14(17-16)8-13-7-11-4-5-12(13)6-11/h11-14,17H,4-8,16H2,1-3H3. The lowest BCUT2D eigenvalue weighted by Crippen LogP contribution is -2.31. The van der Waals surface area contributed by atoms with Gasteiger partial charge in [-0.2, -0.15) is 5.10 Å². The number of nitrogens with two attached hydrogens (primary N) is 1. The Bertz CT molecular complexity index is 465. The molecule has 106 valence electrons. The molecule has 3 rings (SSSR count). The molecule has 4 heteroatoms. The average Bonchev–Trinajstić information content (AvgIpc) is 3.04. The minimum absolute atomic E-state index is 0.262. The SMILES string of the molecule is Cc1nn(C)c(C)c1C(CC1CC2CCC1C2)NN. The van der Waals surface area contributed by atoms with Crippen LogP contribution in [0.25, 0.3) is 0 Å². The molecule has 1 aromatic heterocycles. The first-order valence-corrected chi connectivity index (χ1v) is 7.56. The molecule has 2 bridgehead atoms. The number of aromatic nitrogens is 2. The first kappa shape index (κ1) is 13.1. The highest BCUT2D eigenvalue weighted by Gasteiger charge is 2.40. The fourth-order valence-corrected chi connectivity index (χ4v) is 4.53. The number of nitrogens with zero attached hydrogens (tertiary/aromatic N) is 2. The van der Waals surface area contributed by atoms with Gasteiger partial charge in [-0.25, -0.2) is 0 Å². The maximum Gasteiger partial charge on any atom is 0.0644 e. The van der Waals surface area contributed by atoms with Crippen LogP contribution in [0.1, 0.15) is 55.1 Å². The predicted octanol–water partition coefficient (Wildman–Crippen LogP) is 2.37. The number of hydrogen-bond acceptors (Lipinski definition) is 3. The second-order valence-electron chi connectivity index (χ2n) is 6.60. The molecular formula is C15H26N4. The van der Waals surface area contributed by atoms with Crippen molar-refractivity contribution in [3.63, 3.8) is 0 Å². The lowest BCUT2D eigenvalue weighted by molar-refractivity contribution is 0.279. The number of fused-ring (bicyclic) bond motifs is 2. The summed E-state index contributed by atoms with van der Waals surface area (Å²) in [7, 11) is 2.01. The summed E-state index contributed by atoms with van der Waals surface area (Å²) in [5, 5.41) is 4.52. The van der Waals surface area contributed by atoms with Crippen molar-refractivity contribution in [3.8, 4) is 0 Å². The Morgan fingerprint density at radius 1 is 1.37 bits per heavy atom. The molecule has 0 radical (unpaired) electrons. The molecule has 2 aliphatic carbocycles. The molecule has 19 heavy (non-hydrogen) atoms. The number of rotatable bonds is 4. The maximum atomic E-state index is 5.84. The van der Waals surface area contributed by atoms with Crippen molar-refractivity contribution in [2.45, 2.75) is 52.0 Å². The van der Waals surface area contributed by atoms with Crippen LogP contribution in [0, 0.1) is 31.6 Å². The molecular weight excluding hydrogens is 236 g/mol. The van der Waals surface area contributed by atoms with Crippen molar-refractivity contribution in [2.75, 3.05) is 0 Å². The molecule has 2 saturated carbocycles. The highest BCUT2D eigenvalue weighted by Crippen LogP contribution is 2.51. The van der Waals surface area contributed by atoms with E-state index in [4.69, 9.17) is 5.84 Å². The molecule has 1 heterocycles. The zero-order chi connectivity index (χ0) is 13.6. The van der Waals surface area contributed by atoms with Crippen LogP contribution in [0.2, 0.25) is 0 Å². The summed E-state index contributed by atoms with van der Waals surface area (Å²) in [5.41, 5.74) is 6.72. The van der Waals surface area contributed by atoms with Gasteiger partial charge in [0.05, 0.1) is 5.69 Å². The Labute approximate surface area is 115 Å². The van der Waals surface area contributed by atoms with E-state index in [1.165, 1.54) is 43.4 Å². The normalized spacial score (nSPS) is 31.1. The minimum atomic E-state index is 0.262. The monoisotopic (exact) mass is 262 g/mol. The highest BCUT2D eigenvalue weighted by molar-refractivity contribution is 5.28. The van der Waals surface area contributed by atoms with E-state index in [0.717, 1.165) is 23.4 Å². The average molecular weight is 262 g/mol. The van der Waals surface area contributed by atoms with E-state index >= 15 is 0 Å². The zero-order valence-corrected chi connectivity index (χ0v) is 12.3. The molecule has 4 unspecified atom stereocenters. The number of aryl methyl sites for hydroxylation is 2. The molecule has 2 fully saturated rings. The van der Waals surface area contributed by atoms with Gasteiger partial charge in [-0.05, 0) is 57.3 Å². The summed E-state index contributed by atoms with van der Waals surface area (Å²) in [6.45, 7) is 4.23. The Morgan fingerprint density at radius 3 is 2.63 bits per heavy atom. The molecule has 0 aromatic carbocycles. The summed E-state index contributed by atoms with van der Waals surface area (Å²) in [5.74, 6) is 8.66. The van der Waals surface area contributed by atoms with Crippen LogP contribution in [0.15, 0.2) is 0 Å². The first-order valence-electron chi connectivity index (χ1n) is 7.56. The van der Waals surface area contributed by atoms with Gasteiger partial charge < -0.3 is 0 Å². The molecule has 4 nitrogen and oxygen atoms in total. The van der Waals surface area contributed by atoms with E-state index in [-0.39, 0.29) is 6.04 Å². The molecule has 0 saturated heterocycles. The molecule has 2 aliphatic rings. The third kappa shape index (κ3) is 2.21. The topological polar surface area (TPSA) is 55.9 Å². The third-order valence-corrected chi connectivity index (χ3v) is 5.54. The number of hydrogen-bond donors (Lipinski definition) is 2. The summed E-state index contributed by atoms with van der Waals surface area (Å²) >= 11 is 0. The molecule has 0 spiro atoms. The number of hydrazine groups is 1. The Morgan fingerprint density at radius 2 is 2.16 bits per heavy atom. The van der Waals surface area contributed by atoms with Crippen molar-refractivity contribution >= 4 is 0 Å². The smallest absolute Gasteiger partial charge is 0.0644 e. The summed E-state index contributed by atoms with van der Waals surface area (Å²) in [6.07, 6.45) is 6.96. The maximum absolute atomic E-state index is 5.84. The van der Waals surface area contributed by atoms with E-state index in [9.17, 15) is 0 Å². The van der Waals surface area contributed by atoms with Crippen molar-refractivity contribution in [2.24, 2.45) is 30.6 Å². The minimum Gasteiger partial charge on any atom is -0.272 e. The molecule has 3 N–H and O–H groups in total. The molecule has 0 amide bonds. The van der Waals surface area contributed by atoms with Gasteiger partial charge >= 0.3 is 0 Å². The van der Waals surface area contributed by atoms with Crippen molar-refractivity contribution < 1.29 is 0 Å². The van der Waals surface area contributed by atoms with Crippen LogP contribution >= 0.6 is 0 Å². The van der Waals surface area contributed by atoms with Crippen LogP contribution < -0.4 is 11.3 Å². The van der Waals surface area contributed by atoms with Crippen LogP contribution in [-0.2, 0) is 7.05 Å². The van der Waals surface area contributed by atoms with Crippen molar-refractivity contribution in [1.29, 1.82) is 0 Å². The summed E-state index contributed by atoms with van der Waals surface area (Å²) < 4.78 is 1.97. The van der Waals surface area contributed by atoms with Gasteiger partial charge in [0.1, 0.15) is 0 Å². The van der Waals surface area contributed by atoms with Gasteiger partial charge in [-0.15, -0.1) is 0 Å². The lowest BCUT2D eigenvalue weighted by Gasteiger charge is -2.26.